The standard InChI is InChI=1S/C13H18F2N2/c14-12-5-4-10(7-13(12)15)9-17-6-2-1-3-11(17)8-16/h4-5,7,11H,1-3,6,8-9,16H2. The van der Waals surface area contributed by atoms with Crippen molar-refractivity contribution in [3.63, 3.8) is 0 Å². The minimum atomic E-state index is -0.789. The molecule has 1 atom stereocenters. The third-order valence-electron chi connectivity index (χ3n) is 3.39. The van der Waals surface area contributed by atoms with Gasteiger partial charge in [-0.2, -0.15) is 0 Å². The van der Waals surface area contributed by atoms with Gasteiger partial charge in [-0.25, -0.2) is 8.78 Å². The minimum Gasteiger partial charge on any atom is -0.329 e. The first-order chi connectivity index (χ1) is 8.20. The third-order valence-corrected chi connectivity index (χ3v) is 3.39. The van der Waals surface area contributed by atoms with Gasteiger partial charge < -0.3 is 5.73 Å². The van der Waals surface area contributed by atoms with Crippen LogP contribution in [0.15, 0.2) is 18.2 Å². The fourth-order valence-corrected chi connectivity index (χ4v) is 2.41. The van der Waals surface area contributed by atoms with E-state index in [1.807, 2.05) is 0 Å². The third kappa shape index (κ3) is 3.01. The van der Waals surface area contributed by atoms with Gasteiger partial charge in [0.15, 0.2) is 11.6 Å². The molecule has 0 aliphatic carbocycles. The second kappa shape index (κ2) is 5.56. The number of likely N-dealkylation sites (tertiary alicyclic amines) is 1. The second-order valence-electron chi connectivity index (χ2n) is 4.60. The predicted molar refractivity (Wildman–Crippen MR) is 63.5 cm³/mol. The summed E-state index contributed by atoms with van der Waals surface area (Å²) in [6.07, 6.45) is 3.45. The molecule has 17 heavy (non-hydrogen) atoms. The number of hydrogen-bond donors (Lipinski definition) is 1. The summed E-state index contributed by atoms with van der Waals surface area (Å²) >= 11 is 0. The Morgan fingerprint density at radius 1 is 1.24 bits per heavy atom. The molecule has 1 aliphatic heterocycles. The highest BCUT2D eigenvalue weighted by atomic mass is 19.2. The van der Waals surface area contributed by atoms with Gasteiger partial charge in [0.05, 0.1) is 0 Å². The van der Waals surface area contributed by atoms with E-state index in [2.05, 4.69) is 4.90 Å². The predicted octanol–water partition coefficient (Wildman–Crippen LogP) is 2.28. The van der Waals surface area contributed by atoms with E-state index in [-0.39, 0.29) is 0 Å². The van der Waals surface area contributed by atoms with Crippen LogP contribution in [-0.2, 0) is 6.54 Å². The molecule has 2 nitrogen and oxygen atoms in total. The molecule has 1 aromatic carbocycles. The molecule has 4 heteroatoms. The molecule has 0 amide bonds. The maximum atomic E-state index is 13.1. The number of halogens is 2. The molecule has 1 aliphatic rings. The first-order valence-electron chi connectivity index (χ1n) is 6.08. The summed E-state index contributed by atoms with van der Waals surface area (Å²) in [6, 6.07) is 4.47. The largest absolute Gasteiger partial charge is 0.329 e. The summed E-state index contributed by atoms with van der Waals surface area (Å²) in [5.74, 6) is -1.56. The number of nitrogens with zero attached hydrogens (tertiary/aromatic N) is 1. The van der Waals surface area contributed by atoms with Crippen molar-refractivity contribution in [2.75, 3.05) is 13.1 Å². The number of rotatable bonds is 3. The van der Waals surface area contributed by atoms with Gasteiger partial charge in [-0.05, 0) is 37.1 Å². The summed E-state index contributed by atoms with van der Waals surface area (Å²) in [5.41, 5.74) is 6.54. The Kier molecular flexibility index (Phi) is 4.07. The molecule has 1 fully saturated rings. The smallest absolute Gasteiger partial charge is 0.159 e. The summed E-state index contributed by atoms with van der Waals surface area (Å²) in [4.78, 5) is 2.26. The van der Waals surface area contributed by atoms with Crippen LogP contribution in [0.5, 0.6) is 0 Å². The zero-order valence-electron chi connectivity index (χ0n) is 9.83. The summed E-state index contributed by atoms with van der Waals surface area (Å²) < 4.78 is 25.9. The van der Waals surface area contributed by atoms with Gasteiger partial charge in [-0.15, -0.1) is 0 Å². The van der Waals surface area contributed by atoms with Crippen molar-refractivity contribution in [2.45, 2.75) is 31.8 Å². The van der Waals surface area contributed by atoms with Crippen LogP contribution in [0.2, 0.25) is 0 Å². The summed E-state index contributed by atoms with van der Waals surface area (Å²) in [5, 5.41) is 0. The Morgan fingerprint density at radius 3 is 2.76 bits per heavy atom. The van der Waals surface area contributed by atoms with Gasteiger partial charge >= 0.3 is 0 Å². The van der Waals surface area contributed by atoms with Crippen LogP contribution in [0.1, 0.15) is 24.8 Å². The van der Waals surface area contributed by atoms with E-state index >= 15 is 0 Å². The van der Waals surface area contributed by atoms with Gasteiger partial charge in [0.1, 0.15) is 0 Å². The number of piperidine rings is 1. The maximum Gasteiger partial charge on any atom is 0.159 e. The van der Waals surface area contributed by atoms with Crippen molar-refractivity contribution in [1.82, 2.24) is 4.90 Å². The molecule has 0 spiro atoms. The van der Waals surface area contributed by atoms with E-state index in [1.165, 1.54) is 18.6 Å². The SMILES string of the molecule is NCC1CCCCN1Cc1ccc(F)c(F)c1. The lowest BCUT2D eigenvalue weighted by Gasteiger charge is -2.35. The van der Waals surface area contributed by atoms with Crippen molar-refractivity contribution in [2.24, 2.45) is 5.73 Å². The summed E-state index contributed by atoms with van der Waals surface area (Å²) in [7, 11) is 0. The molecule has 1 heterocycles. The Hall–Kier alpha value is -1.00. The molecule has 1 unspecified atom stereocenters. The van der Waals surface area contributed by atoms with Crippen LogP contribution >= 0.6 is 0 Å². The fourth-order valence-electron chi connectivity index (χ4n) is 2.41. The minimum absolute atomic E-state index is 0.372. The number of benzene rings is 1. The normalized spacial score (nSPS) is 21.7. The Morgan fingerprint density at radius 2 is 2.06 bits per heavy atom. The Labute approximate surface area is 100 Å². The van der Waals surface area contributed by atoms with Gasteiger partial charge in [-0.1, -0.05) is 12.5 Å². The number of nitrogens with two attached hydrogens (primary N) is 1. The molecule has 2 N–H and O–H groups in total. The first-order valence-corrected chi connectivity index (χ1v) is 6.08. The Bertz CT molecular complexity index is 382. The Balaban J connectivity index is 2.05. The number of hydrogen-bond acceptors (Lipinski definition) is 2. The van der Waals surface area contributed by atoms with Crippen LogP contribution in [0.4, 0.5) is 8.78 Å². The molecule has 1 aromatic rings. The van der Waals surface area contributed by atoms with Crippen LogP contribution in [0.25, 0.3) is 0 Å². The topological polar surface area (TPSA) is 29.3 Å². The highest BCUT2D eigenvalue weighted by Crippen LogP contribution is 2.19. The lowest BCUT2D eigenvalue weighted by atomic mass is 10.0. The van der Waals surface area contributed by atoms with Gasteiger partial charge in [0.2, 0.25) is 0 Å². The quantitative estimate of drug-likeness (QED) is 0.878. The maximum absolute atomic E-state index is 13.1. The van der Waals surface area contributed by atoms with Gasteiger partial charge in [-0.3, -0.25) is 4.90 Å². The molecule has 0 saturated carbocycles. The molecular formula is C13H18F2N2. The van der Waals surface area contributed by atoms with Crippen LogP contribution in [0.3, 0.4) is 0 Å². The molecule has 2 rings (SSSR count). The van der Waals surface area contributed by atoms with Crippen LogP contribution in [-0.4, -0.2) is 24.0 Å². The van der Waals surface area contributed by atoms with E-state index in [0.717, 1.165) is 24.9 Å². The molecule has 0 radical (unpaired) electrons. The van der Waals surface area contributed by atoms with E-state index in [1.54, 1.807) is 6.07 Å². The van der Waals surface area contributed by atoms with Crippen molar-refractivity contribution in [3.05, 3.63) is 35.4 Å². The zero-order valence-corrected chi connectivity index (χ0v) is 9.83. The molecule has 0 bridgehead atoms. The first kappa shape index (κ1) is 12.5. The van der Waals surface area contributed by atoms with Crippen LogP contribution in [0, 0.1) is 11.6 Å². The molecule has 1 saturated heterocycles. The lowest BCUT2D eigenvalue weighted by molar-refractivity contribution is 0.144. The van der Waals surface area contributed by atoms with E-state index in [9.17, 15) is 8.78 Å². The van der Waals surface area contributed by atoms with E-state index in [4.69, 9.17) is 5.73 Å². The van der Waals surface area contributed by atoms with Crippen molar-refractivity contribution < 1.29 is 8.78 Å². The molecule has 0 aromatic heterocycles. The van der Waals surface area contributed by atoms with E-state index in [0.29, 0.717) is 19.1 Å². The lowest BCUT2D eigenvalue weighted by Crippen LogP contribution is -2.43. The highest BCUT2D eigenvalue weighted by molar-refractivity contribution is 5.17. The van der Waals surface area contributed by atoms with Crippen LogP contribution < -0.4 is 5.73 Å². The molecule has 94 valence electrons. The van der Waals surface area contributed by atoms with Crippen molar-refractivity contribution in [1.29, 1.82) is 0 Å². The van der Waals surface area contributed by atoms with Crippen molar-refractivity contribution >= 4 is 0 Å². The van der Waals surface area contributed by atoms with E-state index < -0.39 is 11.6 Å². The molecular weight excluding hydrogens is 222 g/mol. The second-order valence-corrected chi connectivity index (χ2v) is 4.60. The van der Waals surface area contributed by atoms with Gasteiger partial charge in [0.25, 0.3) is 0 Å². The monoisotopic (exact) mass is 240 g/mol. The summed E-state index contributed by atoms with van der Waals surface area (Å²) in [6.45, 7) is 2.27. The fraction of sp³-hybridized carbons (Fsp3) is 0.538. The van der Waals surface area contributed by atoms with Gasteiger partial charge in [0, 0.05) is 19.1 Å². The average Bonchev–Trinajstić information content (AvgIpc) is 2.34. The average molecular weight is 240 g/mol. The highest BCUT2D eigenvalue weighted by Gasteiger charge is 2.21. The zero-order chi connectivity index (χ0) is 12.3. The van der Waals surface area contributed by atoms with Crippen molar-refractivity contribution in [3.8, 4) is 0 Å².